The molecule has 17 heavy (non-hydrogen) atoms. The predicted molar refractivity (Wildman–Crippen MR) is 58.7 cm³/mol. The van der Waals surface area contributed by atoms with Gasteiger partial charge < -0.3 is 15.0 Å². The van der Waals surface area contributed by atoms with Crippen molar-refractivity contribution in [1.82, 2.24) is 14.9 Å². The third-order valence-electron chi connectivity index (χ3n) is 2.00. The van der Waals surface area contributed by atoms with Crippen LogP contribution in [0.4, 0.5) is 0 Å². The molecule has 0 atom stereocenters. The second kappa shape index (κ2) is 5.78. The van der Waals surface area contributed by atoms with E-state index in [0.717, 1.165) is 6.20 Å². The van der Waals surface area contributed by atoms with Gasteiger partial charge in [-0.25, -0.2) is 4.98 Å². The fourth-order valence-corrected chi connectivity index (χ4v) is 1.31. The van der Waals surface area contributed by atoms with Crippen molar-refractivity contribution in [1.29, 1.82) is 0 Å². The summed E-state index contributed by atoms with van der Waals surface area (Å²) in [7, 11) is 0. The Bertz CT molecular complexity index is 448. The number of carboxylic acid groups (broad SMARTS) is 1. The highest BCUT2D eigenvalue weighted by molar-refractivity contribution is 5.93. The quantitative estimate of drug-likeness (QED) is 0.734. The first kappa shape index (κ1) is 12.9. The molecule has 92 valence electrons. The van der Waals surface area contributed by atoms with Crippen molar-refractivity contribution >= 4 is 11.9 Å². The van der Waals surface area contributed by atoms with E-state index in [1.807, 2.05) is 6.92 Å². The average molecular weight is 239 g/mol. The van der Waals surface area contributed by atoms with Gasteiger partial charge in [-0.3, -0.25) is 14.4 Å². The topological polar surface area (TPSA) is 103 Å². The molecule has 0 aliphatic rings. The summed E-state index contributed by atoms with van der Waals surface area (Å²) in [5.41, 5.74) is -0.388. The van der Waals surface area contributed by atoms with E-state index in [1.165, 1.54) is 11.1 Å². The Hall–Kier alpha value is -2.18. The van der Waals surface area contributed by atoms with Gasteiger partial charge >= 0.3 is 5.97 Å². The van der Waals surface area contributed by atoms with E-state index < -0.39 is 17.4 Å². The minimum atomic E-state index is -1.09. The molecule has 0 fully saturated rings. The zero-order valence-electron chi connectivity index (χ0n) is 9.34. The van der Waals surface area contributed by atoms with Crippen LogP contribution in [0.1, 0.15) is 23.8 Å². The number of nitrogens with zero attached hydrogens (tertiary/aromatic N) is 2. The third kappa shape index (κ3) is 3.71. The van der Waals surface area contributed by atoms with Gasteiger partial charge in [0.1, 0.15) is 12.2 Å². The maximum Gasteiger partial charge on any atom is 0.323 e. The highest BCUT2D eigenvalue weighted by Crippen LogP contribution is 2.00. The van der Waals surface area contributed by atoms with Crippen molar-refractivity contribution < 1.29 is 14.7 Å². The number of H-pyrrole nitrogens is 1. The number of amides is 1. The highest BCUT2D eigenvalue weighted by Gasteiger charge is 2.18. The van der Waals surface area contributed by atoms with E-state index >= 15 is 0 Å². The lowest BCUT2D eigenvalue weighted by Gasteiger charge is -2.18. The van der Waals surface area contributed by atoms with Gasteiger partial charge in [0.25, 0.3) is 11.5 Å². The molecule has 1 amide bonds. The molecule has 1 heterocycles. The van der Waals surface area contributed by atoms with Crippen LogP contribution < -0.4 is 5.56 Å². The van der Waals surface area contributed by atoms with Gasteiger partial charge in [0.2, 0.25) is 0 Å². The van der Waals surface area contributed by atoms with Gasteiger partial charge in [-0.1, -0.05) is 6.92 Å². The summed E-state index contributed by atoms with van der Waals surface area (Å²) in [6, 6.07) is 0. The van der Waals surface area contributed by atoms with Crippen molar-refractivity contribution in [2.45, 2.75) is 13.3 Å². The molecule has 7 nitrogen and oxygen atoms in total. The number of hydrogen-bond donors (Lipinski definition) is 2. The van der Waals surface area contributed by atoms with Gasteiger partial charge in [-0.15, -0.1) is 0 Å². The molecule has 2 N–H and O–H groups in total. The molecular formula is C10H13N3O4. The second-order valence-corrected chi connectivity index (χ2v) is 3.42. The van der Waals surface area contributed by atoms with Crippen molar-refractivity contribution in [3.63, 3.8) is 0 Å². The molecule has 0 aliphatic heterocycles. The molecule has 0 aromatic carbocycles. The van der Waals surface area contributed by atoms with Crippen molar-refractivity contribution in [3.8, 4) is 0 Å². The number of carbonyl (C=O) groups is 2. The summed E-state index contributed by atoms with van der Waals surface area (Å²) in [6.07, 6.45) is 2.80. The molecule has 0 saturated carbocycles. The first-order chi connectivity index (χ1) is 8.04. The molecule has 1 rings (SSSR count). The molecule has 0 saturated heterocycles. The van der Waals surface area contributed by atoms with E-state index in [1.54, 1.807) is 0 Å². The first-order valence-electron chi connectivity index (χ1n) is 5.10. The van der Waals surface area contributed by atoms with Crippen molar-refractivity contribution in [3.05, 3.63) is 28.4 Å². The lowest BCUT2D eigenvalue weighted by atomic mass is 10.3. The Kier molecular flexibility index (Phi) is 4.38. The molecule has 0 aliphatic carbocycles. The Balaban J connectivity index is 2.86. The van der Waals surface area contributed by atoms with Gasteiger partial charge in [0.15, 0.2) is 0 Å². The molecular weight excluding hydrogens is 226 g/mol. The average Bonchev–Trinajstić information content (AvgIpc) is 2.28. The minimum absolute atomic E-state index is 0.0271. The Morgan fingerprint density at radius 2 is 2.24 bits per heavy atom. The third-order valence-corrected chi connectivity index (χ3v) is 2.00. The molecule has 0 radical (unpaired) electrons. The zero-order valence-corrected chi connectivity index (χ0v) is 9.34. The predicted octanol–water partition coefficient (Wildman–Crippen LogP) is -0.293. The summed E-state index contributed by atoms with van der Waals surface area (Å²) in [5.74, 6) is -1.60. The van der Waals surface area contributed by atoms with Gasteiger partial charge in [-0.05, 0) is 6.42 Å². The molecule has 0 unspecified atom stereocenters. The van der Waals surface area contributed by atoms with Gasteiger partial charge in [-0.2, -0.15) is 0 Å². The summed E-state index contributed by atoms with van der Waals surface area (Å²) < 4.78 is 0. The number of carbonyl (C=O) groups excluding carboxylic acids is 1. The molecule has 7 heteroatoms. The van der Waals surface area contributed by atoms with Crippen molar-refractivity contribution in [2.75, 3.05) is 13.1 Å². The summed E-state index contributed by atoms with van der Waals surface area (Å²) >= 11 is 0. The summed E-state index contributed by atoms with van der Waals surface area (Å²) in [6.45, 7) is 1.78. The lowest BCUT2D eigenvalue weighted by Crippen LogP contribution is -2.37. The van der Waals surface area contributed by atoms with Crippen LogP contribution in [-0.4, -0.2) is 44.9 Å². The maximum absolute atomic E-state index is 11.9. The largest absolute Gasteiger partial charge is 0.480 e. The van der Waals surface area contributed by atoms with Crippen LogP contribution in [0.2, 0.25) is 0 Å². The Morgan fingerprint density at radius 1 is 1.53 bits per heavy atom. The Morgan fingerprint density at radius 3 is 2.71 bits per heavy atom. The molecule has 1 aromatic rings. The van der Waals surface area contributed by atoms with Crippen LogP contribution in [-0.2, 0) is 4.79 Å². The van der Waals surface area contributed by atoms with E-state index in [9.17, 15) is 14.4 Å². The van der Waals surface area contributed by atoms with E-state index in [0.29, 0.717) is 13.0 Å². The number of hydrogen-bond acceptors (Lipinski definition) is 4. The first-order valence-corrected chi connectivity index (χ1v) is 5.10. The second-order valence-electron chi connectivity index (χ2n) is 3.42. The SMILES string of the molecule is CCCN(CC(=O)O)C(=O)c1c[nH]c(=O)cn1. The van der Waals surface area contributed by atoms with E-state index in [4.69, 9.17) is 5.11 Å². The number of aliphatic carboxylic acids is 1. The zero-order chi connectivity index (χ0) is 12.8. The standard InChI is InChI=1S/C10H13N3O4/c1-2-3-13(6-9(15)16)10(17)7-4-12-8(14)5-11-7/h4-5H,2-3,6H2,1H3,(H,12,14)(H,15,16). The molecule has 0 spiro atoms. The number of aromatic amines is 1. The number of aromatic nitrogens is 2. The fraction of sp³-hybridized carbons (Fsp3) is 0.400. The van der Waals surface area contributed by atoms with Crippen LogP contribution >= 0.6 is 0 Å². The molecule has 1 aromatic heterocycles. The van der Waals surface area contributed by atoms with E-state index in [-0.39, 0.29) is 12.2 Å². The van der Waals surface area contributed by atoms with Crippen molar-refractivity contribution in [2.24, 2.45) is 0 Å². The summed E-state index contributed by atoms with van der Waals surface area (Å²) in [5, 5.41) is 8.68. The number of rotatable bonds is 5. The van der Waals surface area contributed by atoms with Gasteiger partial charge in [0.05, 0.1) is 6.20 Å². The van der Waals surface area contributed by atoms with Crippen LogP contribution in [0.5, 0.6) is 0 Å². The van der Waals surface area contributed by atoms with Crippen LogP contribution in [0, 0.1) is 0 Å². The highest BCUT2D eigenvalue weighted by atomic mass is 16.4. The maximum atomic E-state index is 11.9. The van der Waals surface area contributed by atoms with Gasteiger partial charge in [0, 0.05) is 12.7 Å². The van der Waals surface area contributed by atoms with Crippen LogP contribution in [0.15, 0.2) is 17.2 Å². The lowest BCUT2D eigenvalue weighted by molar-refractivity contribution is -0.137. The number of nitrogens with one attached hydrogen (secondary N) is 1. The summed E-state index contributed by atoms with van der Waals surface area (Å²) in [4.78, 5) is 40.4. The molecule has 0 bridgehead atoms. The minimum Gasteiger partial charge on any atom is -0.480 e. The van der Waals surface area contributed by atoms with Crippen LogP contribution in [0.3, 0.4) is 0 Å². The fourth-order valence-electron chi connectivity index (χ4n) is 1.31. The Labute approximate surface area is 97.1 Å². The van der Waals surface area contributed by atoms with Crippen LogP contribution in [0.25, 0.3) is 0 Å². The number of carboxylic acids is 1. The normalized spacial score (nSPS) is 9.94. The monoisotopic (exact) mass is 239 g/mol. The van der Waals surface area contributed by atoms with E-state index in [2.05, 4.69) is 9.97 Å². The smallest absolute Gasteiger partial charge is 0.323 e.